The molecule has 2 aromatic carbocycles. The highest BCUT2D eigenvalue weighted by molar-refractivity contribution is 7.91. The van der Waals surface area contributed by atoms with E-state index in [-0.39, 0.29) is 6.07 Å². The van der Waals surface area contributed by atoms with Crippen molar-refractivity contribution < 1.29 is 65.9 Å². The highest BCUT2D eigenvalue weighted by Gasteiger charge is 2.39. The number of nitrogens with one attached hydrogen (secondary N) is 1. The highest BCUT2D eigenvalue weighted by Crippen LogP contribution is 2.39. The molecule has 2 aromatic rings. The first kappa shape index (κ1) is 35.0. The average Bonchev–Trinajstić information content (AvgIpc) is 2.75. The first-order chi connectivity index (χ1) is 18.8. The summed E-state index contributed by atoms with van der Waals surface area (Å²) in [6.07, 6.45) is -14.3. The minimum atomic E-state index is -5.24. The molecule has 0 aliphatic rings. The number of hydrogen-bond acceptors (Lipinski definition) is 3. The number of hydrogen-bond donors (Lipinski definition) is 1. The average molecular weight is 643 g/mol. The molecule has 42 heavy (non-hydrogen) atoms. The molecule has 0 saturated carbocycles. The van der Waals surface area contributed by atoms with Crippen molar-refractivity contribution in [2.45, 2.75) is 50.3 Å². The number of carbonyl (C=O) groups excluding carboxylic acids is 1. The normalized spacial score (nSPS) is 15.1. The van der Waals surface area contributed by atoms with Crippen LogP contribution in [-0.2, 0) is 22.2 Å². The molecular weight excluding hydrogens is 622 g/mol. The second kappa shape index (κ2) is 12.2. The van der Waals surface area contributed by atoms with Crippen molar-refractivity contribution in [3.8, 4) is 0 Å². The van der Waals surface area contributed by atoms with Crippen molar-refractivity contribution in [2.24, 2.45) is 0 Å². The van der Waals surface area contributed by atoms with E-state index in [4.69, 9.17) is 0 Å². The maximum absolute atomic E-state index is 14.3. The first-order valence-corrected chi connectivity index (χ1v) is 13.3. The third-order valence-electron chi connectivity index (χ3n) is 5.54. The molecule has 2 unspecified atom stereocenters. The molecule has 2 rings (SSSR count). The molecule has 0 aromatic heterocycles. The molecule has 1 amide bonds. The summed E-state index contributed by atoms with van der Waals surface area (Å²) >= 11 is 0. The summed E-state index contributed by atoms with van der Waals surface area (Å²) in [5, 5.41) is 1.86. The lowest BCUT2D eigenvalue weighted by molar-refractivity contribution is -0.140. The zero-order chi connectivity index (χ0) is 32.5. The Balaban J connectivity index is 2.42. The second-order valence-electron chi connectivity index (χ2n) is 9.38. The Bertz CT molecular complexity index is 1420. The van der Waals surface area contributed by atoms with Crippen LogP contribution in [0.1, 0.15) is 52.4 Å². The fraction of sp³-hybridized carbons (Fsp3) is 0.400. The largest absolute Gasteiger partial charge is 0.419 e. The third kappa shape index (κ3) is 9.94. The van der Waals surface area contributed by atoms with Crippen molar-refractivity contribution in [3.63, 3.8) is 0 Å². The van der Waals surface area contributed by atoms with Gasteiger partial charge in [0.1, 0.15) is 11.6 Å². The Hall–Kier alpha value is -3.24. The lowest BCUT2D eigenvalue weighted by atomic mass is 9.90. The summed E-state index contributed by atoms with van der Waals surface area (Å²) in [4.78, 5) is 12.5. The molecule has 1 N–H and O–H groups in total. The third-order valence-corrected chi connectivity index (χ3v) is 7.32. The predicted molar refractivity (Wildman–Crippen MR) is 127 cm³/mol. The van der Waals surface area contributed by atoms with Gasteiger partial charge >= 0.3 is 18.5 Å². The molecular formula is C25H21F12NO3S. The maximum Gasteiger partial charge on any atom is 0.419 e. The van der Waals surface area contributed by atoms with Crippen LogP contribution in [-0.4, -0.2) is 44.0 Å². The van der Waals surface area contributed by atoms with Crippen LogP contribution in [0.5, 0.6) is 0 Å². The van der Waals surface area contributed by atoms with E-state index in [1.807, 2.05) is 5.32 Å². The number of sulfone groups is 1. The van der Waals surface area contributed by atoms with Crippen LogP contribution < -0.4 is 5.32 Å². The lowest BCUT2D eigenvalue weighted by Gasteiger charge is -2.22. The summed E-state index contributed by atoms with van der Waals surface area (Å²) < 4.78 is 183. The SMILES string of the molecule is CC(CS(=O)(=O)CC(F)(F)F)NC(=O)c1ccc(/C=C/C(c2ccc(F)c(C(F)(F)F)c2)C(C)(F)F)cc1C(F)(F)F. The number of halogens is 12. The molecule has 2 atom stereocenters. The minimum Gasteiger partial charge on any atom is -0.349 e. The van der Waals surface area contributed by atoms with Gasteiger partial charge in [0.2, 0.25) is 0 Å². The zero-order valence-electron chi connectivity index (χ0n) is 21.4. The zero-order valence-corrected chi connectivity index (χ0v) is 22.2. The molecule has 0 spiro atoms. The van der Waals surface area contributed by atoms with Gasteiger partial charge in [0.25, 0.3) is 11.8 Å². The summed E-state index contributed by atoms with van der Waals surface area (Å²) in [5.74, 6) is -12.6. The molecule has 0 fully saturated rings. The van der Waals surface area contributed by atoms with Gasteiger partial charge in [0, 0.05) is 13.0 Å². The Kier molecular flexibility index (Phi) is 10.1. The quantitative estimate of drug-likeness (QED) is 0.290. The summed E-state index contributed by atoms with van der Waals surface area (Å²) in [5.41, 5.74) is -5.68. The fourth-order valence-corrected chi connectivity index (χ4v) is 5.33. The van der Waals surface area contributed by atoms with Crippen molar-refractivity contribution in [3.05, 3.63) is 76.1 Å². The number of amides is 1. The van der Waals surface area contributed by atoms with Gasteiger partial charge < -0.3 is 5.32 Å². The van der Waals surface area contributed by atoms with E-state index in [0.29, 0.717) is 43.3 Å². The van der Waals surface area contributed by atoms with Crippen LogP contribution in [0, 0.1) is 5.82 Å². The van der Waals surface area contributed by atoms with Gasteiger partial charge in [-0.15, -0.1) is 0 Å². The molecule has 0 saturated heterocycles. The molecule has 234 valence electrons. The van der Waals surface area contributed by atoms with Crippen LogP contribution in [0.4, 0.5) is 52.7 Å². The van der Waals surface area contributed by atoms with Gasteiger partial charge in [-0.05, 0) is 42.3 Å². The molecule has 0 bridgehead atoms. The van der Waals surface area contributed by atoms with E-state index in [0.717, 1.165) is 13.0 Å². The van der Waals surface area contributed by atoms with Crippen molar-refractivity contribution in [2.75, 3.05) is 11.5 Å². The highest BCUT2D eigenvalue weighted by atomic mass is 32.2. The molecule has 0 heterocycles. The second-order valence-corrected chi connectivity index (χ2v) is 11.5. The molecule has 0 aliphatic heterocycles. The number of benzene rings is 2. The molecule has 17 heteroatoms. The van der Waals surface area contributed by atoms with Gasteiger partial charge in [-0.2, -0.15) is 39.5 Å². The van der Waals surface area contributed by atoms with Crippen LogP contribution in [0.15, 0.2) is 42.5 Å². The predicted octanol–water partition coefficient (Wildman–Crippen LogP) is 7.41. The standard InChI is InChI=1S/C25H21F12NO3S/c1-13(11-42(40,41)12-23(29,30)31)38-21(39)16-6-3-14(9-18(16)24(32,33)34)4-7-17(22(2,27)28)15-5-8-20(26)19(10-15)25(35,36)37/h3-10,13,17H,11-12H2,1-2H3,(H,38,39)/b7-4+. The summed E-state index contributed by atoms with van der Waals surface area (Å²) in [7, 11) is -4.79. The van der Waals surface area contributed by atoms with Crippen LogP contribution in [0.2, 0.25) is 0 Å². The molecule has 0 aliphatic carbocycles. The Morgan fingerprint density at radius 2 is 1.45 bits per heavy atom. The number of alkyl halides is 11. The van der Waals surface area contributed by atoms with E-state index in [1.54, 1.807) is 0 Å². The van der Waals surface area contributed by atoms with E-state index >= 15 is 0 Å². The van der Waals surface area contributed by atoms with Gasteiger partial charge in [-0.3, -0.25) is 4.79 Å². The Labute approximate surface area is 231 Å². The number of allylic oxidation sites excluding steroid dienone is 1. The summed E-state index contributed by atoms with van der Waals surface area (Å²) in [6.45, 7) is 1.27. The van der Waals surface area contributed by atoms with Crippen LogP contribution in [0.3, 0.4) is 0 Å². The maximum atomic E-state index is 14.3. The first-order valence-electron chi connectivity index (χ1n) is 11.5. The van der Waals surface area contributed by atoms with Crippen LogP contribution >= 0.6 is 0 Å². The summed E-state index contributed by atoms with van der Waals surface area (Å²) in [6, 6.07) is 1.35. The van der Waals surface area contributed by atoms with E-state index in [9.17, 15) is 65.9 Å². The van der Waals surface area contributed by atoms with E-state index in [1.165, 1.54) is 0 Å². The van der Waals surface area contributed by atoms with E-state index < -0.39 is 97.3 Å². The Morgan fingerprint density at radius 1 is 0.881 bits per heavy atom. The lowest BCUT2D eigenvalue weighted by Crippen LogP contribution is -2.40. The van der Waals surface area contributed by atoms with Gasteiger partial charge in [0.05, 0.1) is 28.4 Å². The topological polar surface area (TPSA) is 63.2 Å². The van der Waals surface area contributed by atoms with Gasteiger partial charge in [-0.1, -0.05) is 24.3 Å². The Morgan fingerprint density at radius 3 is 1.95 bits per heavy atom. The minimum absolute atomic E-state index is 0.145. The smallest absolute Gasteiger partial charge is 0.349 e. The monoisotopic (exact) mass is 643 g/mol. The van der Waals surface area contributed by atoms with E-state index in [2.05, 4.69) is 0 Å². The van der Waals surface area contributed by atoms with Crippen molar-refractivity contribution in [1.29, 1.82) is 0 Å². The number of carbonyl (C=O) groups is 1. The van der Waals surface area contributed by atoms with Crippen LogP contribution in [0.25, 0.3) is 6.08 Å². The molecule has 4 nitrogen and oxygen atoms in total. The number of rotatable bonds is 9. The fourth-order valence-electron chi connectivity index (χ4n) is 3.86. The molecule has 0 radical (unpaired) electrons. The van der Waals surface area contributed by atoms with Crippen molar-refractivity contribution in [1.82, 2.24) is 5.32 Å². The van der Waals surface area contributed by atoms with Gasteiger partial charge in [-0.25, -0.2) is 21.6 Å². The van der Waals surface area contributed by atoms with Crippen molar-refractivity contribution >= 4 is 21.8 Å². The van der Waals surface area contributed by atoms with Gasteiger partial charge in [0.15, 0.2) is 9.84 Å².